The van der Waals surface area contributed by atoms with Crippen molar-refractivity contribution in [3.8, 4) is 5.75 Å². The Morgan fingerprint density at radius 3 is 2.67 bits per heavy atom. The quantitative estimate of drug-likeness (QED) is 0.735. The van der Waals surface area contributed by atoms with E-state index >= 15 is 0 Å². The molecule has 0 atom stereocenters. The lowest BCUT2D eigenvalue weighted by Gasteiger charge is -2.15. The Labute approximate surface area is 136 Å². The fourth-order valence-corrected chi connectivity index (χ4v) is 2.65. The van der Waals surface area contributed by atoms with Crippen molar-refractivity contribution in [2.45, 2.75) is 26.8 Å². The fraction of sp³-hybridized carbons (Fsp3) is 0.294. The zero-order chi connectivity index (χ0) is 15.2. The Hall–Kier alpha value is -1.38. The zero-order valence-corrected chi connectivity index (χ0v) is 13.8. The lowest BCUT2D eigenvalue weighted by Crippen LogP contribution is -2.05. The minimum Gasteiger partial charge on any atom is -0.492 e. The summed E-state index contributed by atoms with van der Waals surface area (Å²) in [7, 11) is 0. The molecule has 0 spiro atoms. The summed E-state index contributed by atoms with van der Waals surface area (Å²) in [5.74, 6) is 0.711. The summed E-state index contributed by atoms with van der Waals surface area (Å²) in [6.07, 6.45) is 0.934. The Morgan fingerprint density at radius 1 is 1.14 bits per heavy atom. The van der Waals surface area contributed by atoms with Crippen molar-refractivity contribution in [3.63, 3.8) is 0 Å². The third-order valence-electron chi connectivity index (χ3n) is 3.04. The molecule has 0 amide bonds. The minimum atomic E-state index is 0.553. The minimum absolute atomic E-state index is 0.553. The number of hydrogen-bond donors (Lipinski definition) is 1. The molecule has 0 fully saturated rings. The second kappa shape index (κ2) is 7.58. The maximum Gasteiger partial charge on any atom is 0.142 e. The van der Waals surface area contributed by atoms with Crippen LogP contribution in [0.15, 0.2) is 36.4 Å². The van der Waals surface area contributed by atoms with Gasteiger partial charge in [0, 0.05) is 22.8 Å². The third-order valence-corrected chi connectivity index (χ3v) is 3.54. The number of nitrogens with one attached hydrogen (secondary N) is 1. The van der Waals surface area contributed by atoms with E-state index in [1.165, 1.54) is 5.56 Å². The summed E-state index contributed by atoms with van der Waals surface area (Å²) in [6.45, 7) is 5.38. The summed E-state index contributed by atoms with van der Waals surface area (Å²) in [5.41, 5.74) is 3.24. The SMILES string of the molecule is CCCOc1c(Cl)cc(Cl)cc1CNc1cccc(C)c1. The van der Waals surface area contributed by atoms with Crippen LogP contribution in [0.5, 0.6) is 5.75 Å². The van der Waals surface area contributed by atoms with Gasteiger partial charge in [-0.25, -0.2) is 0 Å². The number of aryl methyl sites for hydroxylation is 1. The van der Waals surface area contributed by atoms with Gasteiger partial charge in [-0.15, -0.1) is 0 Å². The molecule has 0 unspecified atom stereocenters. The predicted octanol–water partition coefficient (Wildman–Crippen LogP) is 5.70. The number of anilines is 1. The average molecular weight is 324 g/mol. The van der Waals surface area contributed by atoms with E-state index in [0.29, 0.717) is 28.9 Å². The summed E-state index contributed by atoms with van der Waals surface area (Å²) in [6, 6.07) is 11.8. The van der Waals surface area contributed by atoms with Gasteiger partial charge in [-0.2, -0.15) is 0 Å². The van der Waals surface area contributed by atoms with Crippen LogP contribution >= 0.6 is 23.2 Å². The largest absolute Gasteiger partial charge is 0.492 e. The molecule has 4 heteroatoms. The summed E-state index contributed by atoms with van der Waals surface area (Å²) in [4.78, 5) is 0. The van der Waals surface area contributed by atoms with E-state index in [2.05, 4.69) is 31.3 Å². The van der Waals surface area contributed by atoms with Gasteiger partial charge in [0.2, 0.25) is 0 Å². The van der Waals surface area contributed by atoms with E-state index in [4.69, 9.17) is 27.9 Å². The van der Waals surface area contributed by atoms with Crippen molar-refractivity contribution in [1.29, 1.82) is 0 Å². The molecule has 0 saturated heterocycles. The van der Waals surface area contributed by atoms with Crippen LogP contribution in [0.25, 0.3) is 0 Å². The maximum absolute atomic E-state index is 6.24. The van der Waals surface area contributed by atoms with Crippen LogP contribution in [0.3, 0.4) is 0 Å². The van der Waals surface area contributed by atoms with E-state index in [9.17, 15) is 0 Å². The maximum atomic E-state index is 6.24. The highest BCUT2D eigenvalue weighted by Gasteiger charge is 2.10. The van der Waals surface area contributed by atoms with Crippen LogP contribution in [-0.2, 0) is 6.54 Å². The lowest BCUT2D eigenvalue weighted by atomic mass is 10.1. The van der Waals surface area contributed by atoms with Crippen LogP contribution in [0.2, 0.25) is 10.0 Å². The summed E-state index contributed by atoms with van der Waals surface area (Å²) >= 11 is 12.3. The van der Waals surface area contributed by atoms with Gasteiger partial charge in [0.25, 0.3) is 0 Å². The van der Waals surface area contributed by atoms with Gasteiger partial charge < -0.3 is 10.1 Å². The van der Waals surface area contributed by atoms with Crippen molar-refractivity contribution in [2.75, 3.05) is 11.9 Å². The highest BCUT2D eigenvalue weighted by atomic mass is 35.5. The molecule has 0 bridgehead atoms. The van der Waals surface area contributed by atoms with E-state index in [1.54, 1.807) is 6.07 Å². The zero-order valence-electron chi connectivity index (χ0n) is 12.2. The van der Waals surface area contributed by atoms with Gasteiger partial charge in [-0.3, -0.25) is 0 Å². The first-order chi connectivity index (χ1) is 10.1. The molecule has 0 radical (unpaired) electrons. The van der Waals surface area contributed by atoms with Crippen molar-refractivity contribution >= 4 is 28.9 Å². The smallest absolute Gasteiger partial charge is 0.142 e. The second-order valence-electron chi connectivity index (χ2n) is 4.95. The number of hydrogen-bond acceptors (Lipinski definition) is 2. The molecule has 2 rings (SSSR count). The van der Waals surface area contributed by atoms with Crippen LogP contribution in [0.4, 0.5) is 5.69 Å². The molecule has 2 aromatic rings. The van der Waals surface area contributed by atoms with Crippen molar-refractivity contribution in [2.24, 2.45) is 0 Å². The van der Waals surface area contributed by atoms with Crippen LogP contribution in [0.1, 0.15) is 24.5 Å². The van der Waals surface area contributed by atoms with Gasteiger partial charge in [-0.05, 0) is 43.2 Å². The molecule has 1 N–H and O–H groups in total. The van der Waals surface area contributed by atoms with E-state index in [0.717, 1.165) is 17.7 Å². The van der Waals surface area contributed by atoms with Crippen LogP contribution in [-0.4, -0.2) is 6.61 Å². The molecule has 2 aromatic carbocycles. The number of halogens is 2. The number of rotatable bonds is 6. The monoisotopic (exact) mass is 323 g/mol. The Kier molecular flexibility index (Phi) is 5.77. The van der Waals surface area contributed by atoms with Crippen molar-refractivity contribution < 1.29 is 4.74 Å². The first-order valence-corrected chi connectivity index (χ1v) is 7.77. The first-order valence-electron chi connectivity index (χ1n) is 7.01. The molecule has 0 aromatic heterocycles. The predicted molar refractivity (Wildman–Crippen MR) is 90.8 cm³/mol. The molecular formula is C17H19Cl2NO. The van der Waals surface area contributed by atoms with E-state index in [1.807, 2.05) is 18.2 Å². The average Bonchev–Trinajstić information content (AvgIpc) is 2.44. The Bertz CT molecular complexity index is 614. The molecule has 0 heterocycles. The standard InChI is InChI=1S/C17H19Cl2NO/c1-3-7-21-17-13(9-14(18)10-16(17)19)11-20-15-6-4-5-12(2)8-15/h4-6,8-10,20H,3,7,11H2,1-2H3. The molecule has 0 aliphatic heterocycles. The molecule has 112 valence electrons. The highest BCUT2D eigenvalue weighted by Crippen LogP contribution is 2.33. The lowest BCUT2D eigenvalue weighted by molar-refractivity contribution is 0.314. The molecule has 0 saturated carbocycles. The Balaban J connectivity index is 2.18. The number of benzene rings is 2. The molecule has 2 nitrogen and oxygen atoms in total. The molecule has 0 aliphatic rings. The Morgan fingerprint density at radius 2 is 1.95 bits per heavy atom. The van der Waals surface area contributed by atoms with Crippen LogP contribution < -0.4 is 10.1 Å². The van der Waals surface area contributed by atoms with Crippen molar-refractivity contribution in [1.82, 2.24) is 0 Å². The van der Waals surface area contributed by atoms with E-state index in [-0.39, 0.29) is 0 Å². The van der Waals surface area contributed by atoms with Crippen LogP contribution in [0, 0.1) is 6.92 Å². The first kappa shape index (κ1) is 16.0. The van der Waals surface area contributed by atoms with Crippen molar-refractivity contribution in [3.05, 3.63) is 57.6 Å². The normalized spacial score (nSPS) is 10.5. The van der Waals surface area contributed by atoms with Gasteiger partial charge in [0.1, 0.15) is 5.75 Å². The van der Waals surface area contributed by atoms with E-state index < -0.39 is 0 Å². The second-order valence-corrected chi connectivity index (χ2v) is 5.79. The highest BCUT2D eigenvalue weighted by molar-refractivity contribution is 6.35. The van der Waals surface area contributed by atoms with Gasteiger partial charge in [0.05, 0.1) is 11.6 Å². The molecular weight excluding hydrogens is 305 g/mol. The number of ether oxygens (including phenoxy) is 1. The van der Waals surface area contributed by atoms with Gasteiger partial charge in [0.15, 0.2) is 0 Å². The van der Waals surface area contributed by atoms with Gasteiger partial charge in [-0.1, -0.05) is 42.3 Å². The molecule has 0 aliphatic carbocycles. The summed E-state index contributed by atoms with van der Waals surface area (Å²) in [5, 5.41) is 4.54. The fourth-order valence-electron chi connectivity index (χ4n) is 2.06. The topological polar surface area (TPSA) is 21.3 Å². The van der Waals surface area contributed by atoms with Gasteiger partial charge >= 0.3 is 0 Å². The molecule has 21 heavy (non-hydrogen) atoms. The summed E-state index contributed by atoms with van der Waals surface area (Å²) < 4.78 is 5.75. The third kappa shape index (κ3) is 4.55.